The Morgan fingerprint density at radius 2 is 1.02 bits per heavy atom. The first-order valence-corrected chi connectivity index (χ1v) is 19.3. The molecule has 7 atom stereocenters. The first kappa shape index (κ1) is 38.1. The van der Waals surface area contributed by atoms with Gasteiger partial charge < -0.3 is 20.1 Å². The van der Waals surface area contributed by atoms with Gasteiger partial charge in [-0.15, -0.1) is 0 Å². The van der Waals surface area contributed by atoms with Crippen molar-refractivity contribution in [2.24, 2.45) is 38.2 Å². The van der Waals surface area contributed by atoms with Crippen LogP contribution in [0.2, 0.25) is 0 Å². The summed E-state index contributed by atoms with van der Waals surface area (Å²) in [6.45, 7) is 3.08. The number of aliphatic carboxylic acids is 3. The molecule has 6 fully saturated rings. The maximum atomic E-state index is 11.6. The monoisotopic (exact) mass is 718 g/mol. The van der Waals surface area contributed by atoms with Crippen molar-refractivity contribution in [1.29, 1.82) is 0 Å². The van der Waals surface area contributed by atoms with Gasteiger partial charge in [0.15, 0.2) is 0 Å². The van der Waals surface area contributed by atoms with Crippen LogP contribution in [0.3, 0.4) is 0 Å². The van der Waals surface area contributed by atoms with Crippen molar-refractivity contribution < 1.29 is 34.4 Å². The van der Waals surface area contributed by atoms with Gasteiger partial charge in [-0.1, -0.05) is 6.42 Å². The molecule has 2 saturated heterocycles. The molecule has 286 valence electrons. The van der Waals surface area contributed by atoms with E-state index in [4.69, 9.17) is 4.74 Å². The normalized spacial score (nSPS) is 40.3. The minimum absolute atomic E-state index is 0.0310. The van der Waals surface area contributed by atoms with E-state index in [0.29, 0.717) is 38.5 Å². The van der Waals surface area contributed by atoms with Crippen LogP contribution in [-0.4, -0.2) is 120 Å². The van der Waals surface area contributed by atoms with E-state index in [0.717, 1.165) is 83.7 Å². The van der Waals surface area contributed by atoms with Gasteiger partial charge in [0.25, 0.3) is 0 Å². The van der Waals surface area contributed by atoms with Gasteiger partial charge in [0.2, 0.25) is 0 Å². The number of carboxylic acid groups (broad SMARTS) is 3. The summed E-state index contributed by atoms with van der Waals surface area (Å²) in [5, 5.41) is 65.4. The molecule has 0 spiro atoms. The Balaban J connectivity index is 0.965. The second kappa shape index (κ2) is 18.4. The van der Waals surface area contributed by atoms with Gasteiger partial charge in [-0.3, -0.25) is 45.9 Å². The highest BCUT2D eigenvalue weighted by molar-refractivity contribution is 5.74. The number of ether oxygens (including phenoxy) is 1. The summed E-state index contributed by atoms with van der Waals surface area (Å²) >= 11 is 0. The second-order valence-electron chi connectivity index (χ2n) is 15.5. The fourth-order valence-electron chi connectivity index (χ4n) is 8.71. The fraction of sp³-hybridized carbons (Fsp3) is 0.912. The molecule has 2 heterocycles. The highest BCUT2D eigenvalue weighted by Crippen LogP contribution is 2.33. The lowest BCUT2D eigenvalue weighted by atomic mass is 9.79. The molecule has 17 nitrogen and oxygen atoms in total. The number of hydrogen-bond acceptors (Lipinski definition) is 14. The minimum atomic E-state index is -0.958. The lowest BCUT2D eigenvalue weighted by Crippen LogP contribution is -2.79. The van der Waals surface area contributed by atoms with Gasteiger partial charge in [0, 0.05) is 25.2 Å². The van der Waals surface area contributed by atoms with E-state index in [2.05, 4.69) is 51.9 Å². The van der Waals surface area contributed by atoms with Crippen LogP contribution in [0.4, 0.5) is 0 Å². The average molecular weight is 719 g/mol. The van der Waals surface area contributed by atoms with Gasteiger partial charge in [0.05, 0.1) is 55.1 Å². The summed E-state index contributed by atoms with van der Waals surface area (Å²) in [6, 6.07) is 0.528. The third-order valence-corrected chi connectivity index (χ3v) is 11.8. The van der Waals surface area contributed by atoms with E-state index in [1.807, 2.05) is 0 Å². The highest BCUT2D eigenvalue weighted by Gasteiger charge is 2.38. The third-order valence-electron chi connectivity index (χ3n) is 11.8. The Morgan fingerprint density at radius 1 is 0.549 bits per heavy atom. The van der Waals surface area contributed by atoms with E-state index >= 15 is 0 Å². The van der Waals surface area contributed by atoms with Crippen LogP contribution in [0.25, 0.3) is 0 Å². The molecule has 6 aliphatic rings. The van der Waals surface area contributed by atoms with Crippen molar-refractivity contribution in [2.75, 3.05) is 26.3 Å². The molecule has 0 bridgehead atoms. The zero-order valence-corrected chi connectivity index (χ0v) is 29.6. The molecule has 2 aliphatic heterocycles. The van der Waals surface area contributed by atoms with E-state index in [-0.39, 0.29) is 61.4 Å². The summed E-state index contributed by atoms with van der Waals surface area (Å²) in [7, 11) is 0. The Bertz CT molecular complexity index is 1200. The third kappa shape index (κ3) is 11.2. The first-order valence-electron chi connectivity index (χ1n) is 19.3. The summed E-state index contributed by atoms with van der Waals surface area (Å²) in [6.07, 6.45) is 11.2. The van der Waals surface area contributed by atoms with Crippen LogP contribution in [0.5, 0.6) is 0 Å². The Morgan fingerprint density at radius 3 is 1.53 bits per heavy atom. The molecular formula is C34H58N10O7. The van der Waals surface area contributed by atoms with Gasteiger partial charge in [-0.25, -0.2) is 0 Å². The van der Waals surface area contributed by atoms with Crippen LogP contribution in [0.15, 0.2) is 20.5 Å². The molecule has 51 heavy (non-hydrogen) atoms. The molecule has 4 aliphatic carbocycles. The zero-order chi connectivity index (χ0) is 35.7. The second-order valence-corrected chi connectivity index (χ2v) is 15.5. The van der Waals surface area contributed by atoms with Crippen LogP contribution in [0.1, 0.15) is 96.3 Å². The minimum Gasteiger partial charge on any atom is -0.481 e. The first-order chi connectivity index (χ1) is 24.7. The van der Waals surface area contributed by atoms with Crippen LogP contribution in [-0.2, 0) is 19.1 Å². The predicted molar refractivity (Wildman–Crippen MR) is 185 cm³/mol. The maximum Gasteiger partial charge on any atom is 0.306 e. The number of morpholine rings is 1. The van der Waals surface area contributed by atoms with Crippen molar-refractivity contribution >= 4 is 17.9 Å². The molecule has 0 amide bonds. The lowest BCUT2D eigenvalue weighted by molar-refractivity contribution is -0.148. The summed E-state index contributed by atoms with van der Waals surface area (Å²) < 4.78 is 5.62. The van der Waals surface area contributed by atoms with Crippen molar-refractivity contribution in [3.8, 4) is 0 Å². The summed E-state index contributed by atoms with van der Waals surface area (Å²) in [5.41, 5.74) is 0. The van der Waals surface area contributed by atoms with E-state index in [1.54, 1.807) is 0 Å². The van der Waals surface area contributed by atoms with E-state index in [9.17, 15) is 29.7 Å². The van der Waals surface area contributed by atoms with Gasteiger partial charge >= 0.3 is 17.9 Å². The molecule has 0 aromatic carbocycles. The number of nitrogens with one attached hydrogen (secondary N) is 5. The quantitative estimate of drug-likeness (QED) is 0.136. The van der Waals surface area contributed by atoms with Crippen molar-refractivity contribution in [2.45, 2.75) is 151 Å². The predicted octanol–water partition coefficient (Wildman–Crippen LogP) is 2.26. The number of hydrogen-bond donors (Lipinski definition) is 8. The molecule has 0 aromatic rings. The van der Waals surface area contributed by atoms with E-state index < -0.39 is 29.7 Å². The Hall–Kier alpha value is -2.67. The van der Waals surface area contributed by atoms with E-state index in [1.165, 1.54) is 0 Å². The molecule has 8 N–H and O–H groups in total. The molecular weight excluding hydrogens is 660 g/mol. The highest BCUT2D eigenvalue weighted by atomic mass is 16.5. The number of rotatable bonds is 12. The molecule has 6 rings (SSSR count). The number of azo groups is 2. The standard InChI is InChI=1S/C34H58N10O7/c45-29(46)20-2-1-3-27(17-20)42-40-25-8-4-23(5-9-25)35-32-37-33(39-34(38-32)44-12-14-51-15-13-44)36-24-6-10-26(11-7-24)41-43-28-18-21(30(47)48)16-22(19-28)31(49)50/h20-28,32-39H,1-19H2,(H,45,46)(H,47,48)(H,49,50). The number of carbonyl (C=O) groups is 3. The van der Waals surface area contributed by atoms with Crippen LogP contribution < -0.4 is 26.6 Å². The molecule has 0 radical (unpaired) electrons. The Labute approximate surface area is 299 Å². The van der Waals surface area contributed by atoms with Crippen molar-refractivity contribution in [3.63, 3.8) is 0 Å². The zero-order valence-electron chi connectivity index (χ0n) is 29.6. The largest absolute Gasteiger partial charge is 0.481 e. The molecule has 7 unspecified atom stereocenters. The van der Waals surface area contributed by atoms with Crippen LogP contribution >= 0.6 is 0 Å². The van der Waals surface area contributed by atoms with Crippen molar-refractivity contribution in [1.82, 2.24) is 31.5 Å². The van der Waals surface area contributed by atoms with Gasteiger partial charge in [-0.2, -0.15) is 20.5 Å². The SMILES string of the molecule is O=C(O)C1CCCC(N=NC2CCC(NC3NC(NC4CCC(N=NC5CC(C(=O)O)CC(C(=O)O)C5)CC4)NC(N4CCOCC4)N3)CC2)C1. The van der Waals surface area contributed by atoms with Crippen molar-refractivity contribution in [3.05, 3.63) is 0 Å². The number of nitrogens with zero attached hydrogens (tertiary/aromatic N) is 5. The molecule has 4 saturated carbocycles. The van der Waals surface area contributed by atoms with Crippen LogP contribution in [0, 0.1) is 17.8 Å². The topological polar surface area (TPSA) is 234 Å². The number of carboxylic acids is 3. The smallest absolute Gasteiger partial charge is 0.306 e. The van der Waals surface area contributed by atoms with Gasteiger partial charge in [0.1, 0.15) is 18.9 Å². The maximum absolute atomic E-state index is 11.6. The average Bonchev–Trinajstić information content (AvgIpc) is 3.14. The Kier molecular flexibility index (Phi) is 13.7. The van der Waals surface area contributed by atoms with Gasteiger partial charge in [-0.05, 0) is 89.9 Å². The lowest BCUT2D eigenvalue weighted by Gasteiger charge is -2.47. The summed E-state index contributed by atoms with van der Waals surface area (Å²) in [4.78, 5) is 37.0. The summed E-state index contributed by atoms with van der Waals surface area (Å²) in [5.74, 6) is -4.31. The fourth-order valence-corrected chi connectivity index (χ4v) is 8.71. The molecule has 17 heteroatoms. The molecule has 0 aromatic heterocycles.